The maximum Gasteiger partial charge on any atom is 0.189 e. The molecule has 0 radical (unpaired) electrons. The molecule has 1 N–H and O–H groups in total. The van der Waals surface area contributed by atoms with Gasteiger partial charge < -0.3 is 5.32 Å². The average molecular weight is 309 g/mol. The molecule has 0 aromatic carbocycles. The first-order chi connectivity index (χ1) is 7.18. The van der Waals surface area contributed by atoms with Crippen LogP contribution in [0.4, 0.5) is 0 Å². The highest BCUT2D eigenvalue weighted by Gasteiger charge is 2.23. The van der Waals surface area contributed by atoms with Gasteiger partial charge in [-0.3, -0.25) is 4.79 Å². The zero-order valence-electron chi connectivity index (χ0n) is 8.06. The zero-order valence-corrected chi connectivity index (χ0v) is 11.2. The summed E-state index contributed by atoms with van der Waals surface area (Å²) >= 11 is 10.6. The van der Waals surface area contributed by atoms with Crippen molar-refractivity contribution in [2.24, 2.45) is 0 Å². The van der Waals surface area contributed by atoms with Crippen LogP contribution < -0.4 is 5.32 Å². The van der Waals surface area contributed by atoms with E-state index in [0.717, 1.165) is 28.7 Å². The van der Waals surface area contributed by atoms with Crippen LogP contribution in [-0.4, -0.2) is 18.4 Å². The molecule has 15 heavy (non-hydrogen) atoms. The average Bonchev–Trinajstić information content (AvgIpc) is 2.59. The summed E-state index contributed by atoms with van der Waals surface area (Å²) in [6, 6.07) is 1.80. The van der Waals surface area contributed by atoms with Gasteiger partial charge in [0.2, 0.25) is 0 Å². The lowest BCUT2D eigenvalue weighted by molar-refractivity contribution is 0.0931. The Morgan fingerprint density at radius 3 is 2.93 bits per heavy atom. The van der Waals surface area contributed by atoms with Gasteiger partial charge in [-0.05, 0) is 41.4 Å². The number of piperidine rings is 1. The zero-order chi connectivity index (χ0) is 10.8. The Balaban J connectivity index is 2.12. The number of thiophene rings is 1. The second-order valence-corrected chi connectivity index (χ2v) is 6.11. The first-order valence-electron chi connectivity index (χ1n) is 4.91. The summed E-state index contributed by atoms with van der Waals surface area (Å²) in [5.74, 6) is 0.173. The van der Waals surface area contributed by atoms with Crippen molar-refractivity contribution in [3.63, 3.8) is 0 Å². The molecule has 1 aliphatic rings. The van der Waals surface area contributed by atoms with E-state index in [1.54, 1.807) is 0 Å². The lowest BCUT2D eigenvalue weighted by Crippen LogP contribution is -2.40. The molecule has 0 spiro atoms. The minimum atomic E-state index is -0.0135. The number of halogens is 2. The predicted octanol–water partition coefficient (Wildman–Crippen LogP) is 3.49. The number of carbonyl (C=O) groups is 1. The van der Waals surface area contributed by atoms with E-state index in [9.17, 15) is 4.79 Å². The number of Topliss-reactive ketones (excluding diaryl/α,β-unsaturated/α-hetero) is 1. The molecule has 1 saturated heterocycles. The van der Waals surface area contributed by atoms with Crippen LogP contribution in [0.25, 0.3) is 0 Å². The Hall–Kier alpha value is 0.1000. The fourth-order valence-corrected chi connectivity index (χ4v) is 3.41. The summed E-state index contributed by atoms with van der Waals surface area (Å²) in [4.78, 5) is 12.8. The van der Waals surface area contributed by atoms with E-state index >= 15 is 0 Å². The van der Waals surface area contributed by atoms with E-state index in [1.807, 2.05) is 6.07 Å². The van der Waals surface area contributed by atoms with Crippen LogP contribution in [0.15, 0.2) is 10.5 Å². The standard InChI is InChI=1S/C10H11BrClNOS/c11-6-5-8(15-10(6)12)9(14)7-3-1-2-4-13-7/h5,7,13H,1-4H2. The van der Waals surface area contributed by atoms with Gasteiger partial charge in [-0.1, -0.05) is 18.0 Å². The Morgan fingerprint density at radius 2 is 2.40 bits per heavy atom. The van der Waals surface area contributed by atoms with Gasteiger partial charge in [0.25, 0.3) is 0 Å². The van der Waals surface area contributed by atoms with E-state index in [-0.39, 0.29) is 11.8 Å². The van der Waals surface area contributed by atoms with Crippen LogP contribution in [0.5, 0.6) is 0 Å². The second-order valence-electron chi connectivity index (χ2n) is 3.60. The molecular weight excluding hydrogens is 298 g/mol. The van der Waals surface area contributed by atoms with Crippen molar-refractivity contribution in [3.8, 4) is 0 Å². The van der Waals surface area contributed by atoms with Crippen molar-refractivity contribution in [2.45, 2.75) is 25.3 Å². The Labute approximate surface area is 106 Å². The molecule has 1 aliphatic heterocycles. The summed E-state index contributed by atoms with van der Waals surface area (Å²) in [5.41, 5.74) is 0. The SMILES string of the molecule is O=C(c1cc(Br)c(Cl)s1)C1CCCCN1. The molecular formula is C10H11BrClNOS. The highest BCUT2D eigenvalue weighted by atomic mass is 79.9. The van der Waals surface area contributed by atoms with Crippen molar-refractivity contribution in [3.05, 3.63) is 19.8 Å². The molecule has 5 heteroatoms. The van der Waals surface area contributed by atoms with E-state index < -0.39 is 0 Å². The minimum absolute atomic E-state index is 0.0135. The van der Waals surface area contributed by atoms with Crippen LogP contribution in [0.2, 0.25) is 4.34 Å². The summed E-state index contributed by atoms with van der Waals surface area (Å²) in [7, 11) is 0. The smallest absolute Gasteiger partial charge is 0.189 e. The minimum Gasteiger partial charge on any atom is -0.307 e. The maximum atomic E-state index is 12.0. The van der Waals surface area contributed by atoms with Gasteiger partial charge >= 0.3 is 0 Å². The molecule has 0 bridgehead atoms. The van der Waals surface area contributed by atoms with E-state index in [0.29, 0.717) is 4.34 Å². The molecule has 0 amide bonds. The Kier molecular flexibility index (Phi) is 3.83. The van der Waals surface area contributed by atoms with Crippen molar-refractivity contribution in [1.82, 2.24) is 5.32 Å². The Bertz CT molecular complexity index is 354. The van der Waals surface area contributed by atoms with Gasteiger partial charge in [0.15, 0.2) is 5.78 Å². The molecule has 2 heterocycles. The fraction of sp³-hybridized carbons (Fsp3) is 0.500. The van der Waals surface area contributed by atoms with Gasteiger partial charge in [-0.25, -0.2) is 0 Å². The first kappa shape index (κ1) is 11.6. The molecule has 1 unspecified atom stereocenters. The number of hydrogen-bond donors (Lipinski definition) is 1. The van der Waals surface area contributed by atoms with Crippen LogP contribution >= 0.6 is 38.9 Å². The van der Waals surface area contributed by atoms with Gasteiger partial charge in [-0.2, -0.15) is 0 Å². The van der Waals surface area contributed by atoms with Crippen molar-refractivity contribution >= 4 is 44.7 Å². The maximum absolute atomic E-state index is 12.0. The highest BCUT2D eigenvalue weighted by molar-refractivity contribution is 9.10. The number of ketones is 1. The molecule has 2 nitrogen and oxygen atoms in total. The first-order valence-corrected chi connectivity index (χ1v) is 6.89. The molecule has 1 atom stereocenters. The van der Waals surface area contributed by atoms with Crippen LogP contribution in [-0.2, 0) is 0 Å². The topological polar surface area (TPSA) is 29.1 Å². The molecule has 2 rings (SSSR count). The largest absolute Gasteiger partial charge is 0.307 e. The quantitative estimate of drug-likeness (QED) is 0.847. The van der Waals surface area contributed by atoms with Crippen molar-refractivity contribution in [1.29, 1.82) is 0 Å². The molecule has 1 fully saturated rings. The van der Waals surface area contributed by atoms with Gasteiger partial charge in [0, 0.05) is 4.47 Å². The normalized spacial score (nSPS) is 21.6. The molecule has 0 aliphatic carbocycles. The molecule has 1 aromatic heterocycles. The Morgan fingerprint density at radius 1 is 1.60 bits per heavy atom. The van der Waals surface area contributed by atoms with E-state index in [2.05, 4.69) is 21.2 Å². The lowest BCUT2D eigenvalue weighted by Gasteiger charge is -2.21. The van der Waals surface area contributed by atoms with Crippen LogP contribution in [0, 0.1) is 0 Å². The number of rotatable bonds is 2. The van der Waals surface area contributed by atoms with Gasteiger partial charge in [0.05, 0.1) is 10.9 Å². The second kappa shape index (κ2) is 4.95. The number of hydrogen-bond acceptors (Lipinski definition) is 3. The van der Waals surface area contributed by atoms with Crippen LogP contribution in [0.1, 0.15) is 28.9 Å². The number of carbonyl (C=O) groups excluding carboxylic acids is 1. The third-order valence-corrected chi connectivity index (χ3v) is 5.00. The van der Waals surface area contributed by atoms with E-state index in [1.165, 1.54) is 17.8 Å². The predicted molar refractivity (Wildman–Crippen MR) is 67.0 cm³/mol. The van der Waals surface area contributed by atoms with Crippen molar-refractivity contribution in [2.75, 3.05) is 6.54 Å². The summed E-state index contributed by atoms with van der Waals surface area (Å²) < 4.78 is 1.46. The summed E-state index contributed by atoms with van der Waals surface area (Å²) in [6.45, 7) is 0.941. The molecule has 82 valence electrons. The molecule has 1 aromatic rings. The van der Waals surface area contributed by atoms with Crippen LogP contribution in [0.3, 0.4) is 0 Å². The van der Waals surface area contributed by atoms with Crippen molar-refractivity contribution < 1.29 is 4.79 Å². The third-order valence-electron chi connectivity index (χ3n) is 2.51. The number of nitrogens with one attached hydrogen (secondary N) is 1. The lowest BCUT2D eigenvalue weighted by atomic mass is 10.0. The summed E-state index contributed by atoms with van der Waals surface area (Å²) in [5, 5.41) is 3.24. The third kappa shape index (κ3) is 2.61. The monoisotopic (exact) mass is 307 g/mol. The summed E-state index contributed by atoms with van der Waals surface area (Å²) in [6.07, 6.45) is 3.23. The fourth-order valence-electron chi connectivity index (χ4n) is 1.72. The van der Waals surface area contributed by atoms with Gasteiger partial charge in [-0.15, -0.1) is 11.3 Å². The van der Waals surface area contributed by atoms with E-state index in [4.69, 9.17) is 11.6 Å². The highest BCUT2D eigenvalue weighted by Crippen LogP contribution is 2.33. The molecule has 0 saturated carbocycles. The van der Waals surface area contributed by atoms with Gasteiger partial charge in [0.1, 0.15) is 4.34 Å².